The second-order valence-corrected chi connectivity index (χ2v) is 7.64. The van der Waals surface area contributed by atoms with Crippen molar-refractivity contribution in [2.45, 2.75) is 20.8 Å². The molecule has 9 nitrogen and oxygen atoms in total. The van der Waals surface area contributed by atoms with E-state index in [1.165, 1.54) is 6.07 Å². The SMILES string of the molecule is CCOC(=O)c1nn(-c2cccc(C)c2)c(=O)c2c(NC(=O)c3cc(C)on3)scc12. The van der Waals surface area contributed by atoms with Gasteiger partial charge in [-0.2, -0.15) is 9.78 Å². The minimum absolute atomic E-state index is 0.00742. The first-order valence-electron chi connectivity index (χ1n) is 9.42. The first-order valence-corrected chi connectivity index (χ1v) is 10.3. The summed E-state index contributed by atoms with van der Waals surface area (Å²) in [6.45, 7) is 5.40. The Morgan fingerprint density at radius 2 is 2.06 bits per heavy atom. The highest BCUT2D eigenvalue weighted by Gasteiger charge is 2.24. The van der Waals surface area contributed by atoms with Crippen LogP contribution in [0.25, 0.3) is 16.5 Å². The lowest BCUT2D eigenvalue weighted by Gasteiger charge is -2.10. The fourth-order valence-corrected chi connectivity index (χ4v) is 4.00. The number of nitrogens with one attached hydrogen (secondary N) is 1. The number of fused-ring (bicyclic) bond motifs is 1. The number of amides is 1. The molecule has 0 spiro atoms. The van der Waals surface area contributed by atoms with E-state index in [9.17, 15) is 14.4 Å². The van der Waals surface area contributed by atoms with Gasteiger partial charge in [-0.05, 0) is 38.5 Å². The number of hydrogen-bond donors (Lipinski definition) is 1. The molecule has 4 rings (SSSR count). The van der Waals surface area contributed by atoms with Crippen LogP contribution < -0.4 is 10.9 Å². The van der Waals surface area contributed by atoms with E-state index in [1.54, 1.807) is 37.4 Å². The third-order valence-electron chi connectivity index (χ3n) is 4.46. The van der Waals surface area contributed by atoms with Gasteiger partial charge in [-0.15, -0.1) is 11.3 Å². The van der Waals surface area contributed by atoms with E-state index in [2.05, 4.69) is 15.6 Å². The van der Waals surface area contributed by atoms with Gasteiger partial charge in [-0.25, -0.2) is 4.79 Å². The van der Waals surface area contributed by atoms with Gasteiger partial charge in [0, 0.05) is 16.8 Å². The number of carbonyl (C=O) groups excluding carboxylic acids is 2. The molecule has 3 heterocycles. The lowest BCUT2D eigenvalue weighted by atomic mass is 10.2. The zero-order chi connectivity index (χ0) is 22.1. The number of thiophene rings is 1. The highest BCUT2D eigenvalue weighted by atomic mass is 32.1. The van der Waals surface area contributed by atoms with E-state index in [0.717, 1.165) is 21.6 Å². The summed E-state index contributed by atoms with van der Waals surface area (Å²) in [7, 11) is 0. The first kappa shape index (κ1) is 20.5. The van der Waals surface area contributed by atoms with Gasteiger partial charge >= 0.3 is 5.97 Å². The molecule has 4 aromatic rings. The molecule has 0 aliphatic rings. The van der Waals surface area contributed by atoms with E-state index < -0.39 is 17.4 Å². The molecule has 0 saturated carbocycles. The van der Waals surface area contributed by atoms with Crippen LogP contribution in [0, 0.1) is 13.8 Å². The molecule has 0 fully saturated rings. The van der Waals surface area contributed by atoms with Gasteiger partial charge in [-0.3, -0.25) is 9.59 Å². The number of aromatic nitrogens is 3. The molecule has 158 valence electrons. The van der Waals surface area contributed by atoms with Crippen LogP contribution in [0.4, 0.5) is 5.00 Å². The molecule has 0 radical (unpaired) electrons. The maximum Gasteiger partial charge on any atom is 0.359 e. The Balaban J connectivity index is 1.90. The minimum atomic E-state index is -0.656. The second kappa shape index (κ2) is 8.15. The van der Waals surface area contributed by atoms with E-state index in [4.69, 9.17) is 9.26 Å². The highest BCUT2D eigenvalue weighted by Crippen LogP contribution is 2.31. The summed E-state index contributed by atoms with van der Waals surface area (Å²) in [6.07, 6.45) is 0. The van der Waals surface area contributed by atoms with Gasteiger partial charge < -0.3 is 14.6 Å². The van der Waals surface area contributed by atoms with Gasteiger partial charge in [0.05, 0.1) is 17.7 Å². The third-order valence-corrected chi connectivity index (χ3v) is 5.35. The number of benzene rings is 1. The Morgan fingerprint density at radius 3 is 2.74 bits per heavy atom. The van der Waals surface area contributed by atoms with Crippen LogP contribution in [0.1, 0.15) is 39.2 Å². The molecule has 0 bridgehead atoms. The fourth-order valence-electron chi connectivity index (χ4n) is 3.07. The molecule has 0 atom stereocenters. The van der Waals surface area contributed by atoms with Gasteiger partial charge in [0.1, 0.15) is 10.8 Å². The van der Waals surface area contributed by atoms with E-state index >= 15 is 0 Å². The molecule has 0 aliphatic carbocycles. The topological polar surface area (TPSA) is 116 Å². The largest absolute Gasteiger partial charge is 0.461 e. The van der Waals surface area contributed by atoms with Gasteiger partial charge in [0.15, 0.2) is 11.4 Å². The van der Waals surface area contributed by atoms with Crippen LogP contribution in [0.5, 0.6) is 0 Å². The van der Waals surface area contributed by atoms with Crippen molar-refractivity contribution in [2.75, 3.05) is 11.9 Å². The molecule has 31 heavy (non-hydrogen) atoms. The van der Waals surface area contributed by atoms with E-state index in [1.807, 2.05) is 13.0 Å². The summed E-state index contributed by atoms with van der Waals surface area (Å²) in [5.74, 6) is -0.704. The molecule has 0 saturated heterocycles. The van der Waals surface area contributed by atoms with Crippen molar-refractivity contribution in [1.82, 2.24) is 14.9 Å². The van der Waals surface area contributed by atoms with Crippen LogP contribution >= 0.6 is 11.3 Å². The van der Waals surface area contributed by atoms with Gasteiger partial charge in [0.25, 0.3) is 11.5 Å². The molecule has 1 N–H and O–H groups in total. The fraction of sp³-hybridized carbons (Fsp3) is 0.190. The summed E-state index contributed by atoms with van der Waals surface area (Å²) < 4.78 is 11.2. The first-order chi connectivity index (χ1) is 14.9. The number of aryl methyl sites for hydroxylation is 2. The molecular weight excluding hydrogens is 420 g/mol. The lowest BCUT2D eigenvalue weighted by molar-refractivity contribution is 0.0520. The monoisotopic (exact) mass is 438 g/mol. The Bertz CT molecular complexity index is 1370. The van der Waals surface area contributed by atoms with E-state index in [-0.39, 0.29) is 28.4 Å². The summed E-state index contributed by atoms with van der Waals surface area (Å²) >= 11 is 1.11. The van der Waals surface area contributed by atoms with Crippen molar-refractivity contribution in [3.05, 3.63) is 68.8 Å². The van der Waals surface area contributed by atoms with Crippen molar-refractivity contribution in [3.63, 3.8) is 0 Å². The van der Waals surface area contributed by atoms with Crippen LogP contribution in [0.3, 0.4) is 0 Å². The quantitative estimate of drug-likeness (QED) is 0.474. The number of anilines is 1. The number of carbonyl (C=O) groups is 2. The maximum absolute atomic E-state index is 13.3. The number of hydrogen-bond acceptors (Lipinski definition) is 8. The van der Waals surface area contributed by atoms with Crippen LogP contribution in [-0.2, 0) is 4.74 Å². The Labute approximate surface area is 180 Å². The maximum atomic E-state index is 13.3. The average Bonchev–Trinajstić information content (AvgIpc) is 3.35. The standard InChI is InChI=1S/C21H18N4O5S/c1-4-29-21(28)17-14-10-31-19(22-18(26)15-9-12(3)30-24-15)16(14)20(27)25(23-17)13-7-5-6-11(2)8-13/h5-10H,4H2,1-3H3,(H,22,26). The number of ether oxygens (including phenoxy) is 1. The molecular formula is C21H18N4O5S. The Hall–Kier alpha value is -3.79. The number of rotatable bonds is 5. The molecule has 3 aromatic heterocycles. The minimum Gasteiger partial charge on any atom is -0.461 e. The van der Waals surface area contributed by atoms with Crippen LogP contribution in [0.2, 0.25) is 0 Å². The third kappa shape index (κ3) is 3.84. The average molecular weight is 438 g/mol. The van der Waals surface area contributed by atoms with Crippen molar-refractivity contribution < 1.29 is 18.8 Å². The molecule has 1 amide bonds. The zero-order valence-corrected chi connectivity index (χ0v) is 17.8. The Morgan fingerprint density at radius 1 is 1.26 bits per heavy atom. The summed E-state index contributed by atoms with van der Waals surface area (Å²) in [5, 5.41) is 13.0. The van der Waals surface area contributed by atoms with Crippen molar-refractivity contribution in [1.29, 1.82) is 0 Å². The van der Waals surface area contributed by atoms with Crippen molar-refractivity contribution in [3.8, 4) is 5.69 Å². The number of esters is 1. The van der Waals surface area contributed by atoms with Crippen LogP contribution in [-0.4, -0.2) is 33.4 Å². The molecule has 1 aromatic carbocycles. The van der Waals surface area contributed by atoms with Gasteiger partial charge in [-0.1, -0.05) is 17.3 Å². The van der Waals surface area contributed by atoms with Crippen molar-refractivity contribution >= 4 is 39.0 Å². The number of nitrogens with zero attached hydrogens (tertiary/aromatic N) is 3. The smallest absolute Gasteiger partial charge is 0.359 e. The van der Waals surface area contributed by atoms with E-state index in [0.29, 0.717) is 16.8 Å². The summed E-state index contributed by atoms with van der Waals surface area (Å²) in [4.78, 5) is 38.5. The zero-order valence-electron chi connectivity index (χ0n) is 17.0. The predicted octanol–water partition coefficient (Wildman–Crippen LogP) is 3.48. The molecule has 0 unspecified atom stereocenters. The van der Waals surface area contributed by atoms with Crippen LogP contribution in [0.15, 0.2) is 45.0 Å². The summed E-state index contributed by atoms with van der Waals surface area (Å²) in [6, 6.07) is 8.65. The molecule has 0 aliphatic heterocycles. The Kier molecular flexibility index (Phi) is 5.38. The van der Waals surface area contributed by atoms with Gasteiger partial charge in [0.2, 0.25) is 0 Å². The summed E-state index contributed by atoms with van der Waals surface area (Å²) in [5.41, 5.74) is 1.02. The second-order valence-electron chi connectivity index (χ2n) is 6.76. The van der Waals surface area contributed by atoms with Crippen molar-refractivity contribution in [2.24, 2.45) is 0 Å². The molecule has 10 heteroatoms. The predicted molar refractivity (Wildman–Crippen MR) is 115 cm³/mol. The highest BCUT2D eigenvalue weighted by molar-refractivity contribution is 7.16. The lowest BCUT2D eigenvalue weighted by Crippen LogP contribution is -2.25. The normalized spacial score (nSPS) is 10.9.